The van der Waals surface area contributed by atoms with Crippen LogP contribution in [0.3, 0.4) is 0 Å². The number of hydrogen-bond acceptors (Lipinski definition) is 2. The van der Waals surface area contributed by atoms with E-state index in [2.05, 4.69) is 37.0 Å². The van der Waals surface area contributed by atoms with Crippen LogP contribution in [0.5, 0.6) is 0 Å². The Balaban J connectivity index is 2.00. The van der Waals surface area contributed by atoms with Gasteiger partial charge in [-0.1, -0.05) is 37.0 Å². The molecule has 0 aliphatic heterocycles. The summed E-state index contributed by atoms with van der Waals surface area (Å²) in [6.07, 6.45) is 17.4. The zero-order valence-electron chi connectivity index (χ0n) is 11.7. The van der Waals surface area contributed by atoms with Crippen LogP contribution in [-0.2, 0) is 9.53 Å². The topological polar surface area (TPSA) is 26.3 Å². The van der Waals surface area contributed by atoms with Gasteiger partial charge in [-0.2, -0.15) is 0 Å². The highest BCUT2D eigenvalue weighted by molar-refractivity contribution is 5.81. The number of ether oxygens (including phenoxy) is 1. The molecule has 0 aromatic heterocycles. The van der Waals surface area contributed by atoms with Crippen molar-refractivity contribution in [1.82, 2.24) is 0 Å². The Morgan fingerprint density at radius 2 is 2.15 bits per heavy atom. The van der Waals surface area contributed by atoms with Crippen LogP contribution < -0.4 is 0 Å². The van der Waals surface area contributed by atoms with Crippen molar-refractivity contribution in [1.29, 1.82) is 0 Å². The van der Waals surface area contributed by atoms with Crippen LogP contribution >= 0.6 is 0 Å². The van der Waals surface area contributed by atoms with Gasteiger partial charge < -0.3 is 4.74 Å². The molecule has 0 heterocycles. The van der Waals surface area contributed by atoms with Gasteiger partial charge in [0.15, 0.2) is 0 Å². The van der Waals surface area contributed by atoms with E-state index >= 15 is 0 Å². The van der Waals surface area contributed by atoms with E-state index in [1.165, 1.54) is 35.6 Å². The smallest absolute Gasteiger partial charge is 0.330 e. The summed E-state index contributed by atoms with van der Waals surface area (Å²) in [4.78, 5) is 11.6. The number of hydrogen-bond donors (Lipinski definition) is 0. The van der Waals surface area contributed by atoms with Gasteiger partial charge >= 0.3 is 5.97 Å². The largest absolute Gasteiger partial charge is 0.455 e. The lowest BCUT2D eigenvalue weighted by Gasteiger charge is -2.37. The molecule has 0 saturated heterocycles. The van der Waals surface area contributed by atoms with E-state index in [1.54, 1.807) is 0 Å². The first kappa shape index (κ1) is 13.2. The number of rotatable bonds is 2. The Kier molecular flexibility index (Phi) is 3.72. The van der Waals surface area contributed by atoms with Crippen LogP contribution in [0.1, 0.15) is 32.1 Å². The molecule has 3 rings (SSSR count). The molecule has 0 aromatic rings. The molecule has 104 valence electrons. The summed E-state index contributed by atoms with van der Waals surface area (Å²) >= 11 is 0. The molecule has 0 radical (unpaired) electrons. The third-order valence-corrected chi connectivity index (χ3v) is 4.43. The van der Waals surface area contributed by atoms with Crippen LogP contribution in [0.15, 0.2) is 59.8 Å². The van der Waals surface area contributed by atoms with E-state index in [1.807, 2.05) is 0 Å². The maximum atomic E-state index is 11.6. The summed E-state index contributed by atoms with van der Waals surface area (Å²) in [5.74, 6) is 0.261. The first-order valence-corrected chi connectivity index (χ1v) is 7.41. The Morgan fingerprint density at radius 3 is 3.00 bits per heavy atom. The summed E-state index contributed by atoms with van der Waals surface area (Å²) in [7, 11) is 0. The zero-order valence-corrected chi connectivity index (χ0v) is 11.7. The van der Waals surface area contributed by atoms with Crippen LogP contribution in [0.2, 0.25) is 0 Å². The maximum absolute atomic E-state index is 11.6. The van der Waals surface area contributed by atoms with Crippen LogP contribution in [0, 0.1) is 5.92 Å². The lowest BCUT2D eigenvalue weighted by atomic mass is 9.71. The van der Waals surface area contributed by atoms with E-state index in [9.17, 15) is 4.79 Å². The molecule has 20 heavy (non-hydrogen) atoms. The molecule has 3 aliphatic rings. The average Bonchev–Trinajstić information content (AvgIpc) is 2.72. The highest BCUT2D eigenvalue weighted by Crippen LogP contribution is 2.44. The summed E-state index contributed by atoms with van der Waals surface area (Å²) in [5.41, 5.74) is 4.01. The molecule has 0 bridgehead atoms. The molecule has 2 atom stereocenters. The molecule has 2 unspecified atom stereocenters. The monoisotopic (exact) mass is 268 g/mol. The van der Waals surface area contributed by atoms with Crippen LogP contribution in [0.25, 0.3) is 0 Å². The number of carbonyl (C=O) groups excluding carboxylic acids is 1. The van der Waals surface area contributed by atoms with E-state index in [-0.39, 0.29) is 12.1 Å². The van der Waals surface area contributed by atoms with Crippen molar-refractivity contribution < 1.29 is 9.53 Å². The highest BCUT2D eigenvalue weighted by Gasteiger charge is 2.35. The predicted molar refractivity (Wildman–Crippen MR) is 80.0 cm³/mol. The van der Waals surface area contributed by atoms with Gasteiger partial charge in [0.25, 0.3) is 0 Å². The van der Waals surface area contributed by atoms with Crippen molar-refractivity contribution in [2.75, 3.05) is 0 Å². The second kappa shape index (κ2) is 5.66. The van der Waals surface area contributed by atoms with E-state index < -0.39 is 0 Å². The van der Waals surface area contributed by atoms with E-state index in [0.717, 1.165) is 19.3 Å². The van der Waals surface area contributed by atoms with Crippen molar-refractivity contribution in [3.63, 3.8) is 0 Å². The van der Waals surface area contributed by atoms with E-state index in [0.29, 0.717) is 5.92 Å². The highest BCUT2D eigenvalue weighted by atomic mass is 16.5. The fourth-order valence-electron chi connectivity index (χ4n) is 3.54. The van der Waals surface area contributed by atoms with E-state index in [4.69, 9.17) is 4.74 Å². The summed E-state index contributed by atoms with van der Waals surface area (Å²) in [6, 6.07) is 0. The standard InChI is InChI=1S/C18H20O2/c1-2-17(19)20-16-10-6-8-14-12-11-13-7-4-3-5-9-15(13)18(14)16/h2-5,7,9,14,16H,1,6,8,10-12H2. The average molecular weight is 268 g/mol. The number of fused-ring (bicyclic) bond motifs is 2. The van der Waals surface area contributed by atoms with Crippen molar-refractivity contribution in [2.24, 2.45) is 5.92 Å². The molecule has 2 nitrogen and oxygen atoms in total. The van der Waals surface area contributed by atoms with Gasteiger partial charge in [0.2, 0.25) is 0 Å². The lowest BCUT2D eigenvalue weighted by molar-refractivity contribution is -0.142. The molecule has 1 fully saturated rings. The molecule has 1 saturated carbocycles. The molecule has 3 aliphatic carbocycles. The van der Waals surface area contributed by atoms with Crippen LogP contribution in [-0.4, -0.2) is 12.1 Å². The second-order valence-corrected chi connectivity index (χ2v) is 5.60. The van der Waals surface area contributed by atoms with Gasteiger partial charge in [-0.25, -0.2) is 4.79 Å². The van der Waals surface area contributed by atoms with Gasteiger partial charge in [-0.15, -0.1) is 0 Å². The van der Waals surface area contributed by atoms with Gasteiger partial charge in [0, 0.05) is 6.08 Å². The fourth-order valence-corrected chi connectivity index (χ4v) is 3.54. The molecule has 2 heteroatoms. The number of allylic oxidation sites excluding steroid dienone is 7. The first-order valence-electron chi connectivity index (χ1n) is 7.41. The van der Waals surface area contributed by atoms with Gasteiger partial charge in [0.1, 0.15) is 6.10 Å². The van der Waals surface area contributed by atoms with Crippen molar-refractivity contribution in [2.45, 2.75) is 38.2 Å². The lowest BCUT2D eigenvalue weighted by Crippen LogP contribution is -2.31. The third kappa shape index (κ3) is 2.43. The molecule has 0 amide bonds. The first-order chi connectivity index (χ1) is 9.79. The summed E-state index contributed by atoms with van der Waals surface area (Å²) in [5, 5.41) is 0. The Hall–Kier alpha value is -1.83. The quantitative estimate of drug-likeness (QED) is 0.558. The molecule has 0 N–H and O–H groups in total. The second-order valence-electron chi connectivity index (χ2n) is 5.60. The molecular formula is C18H20O2. The maximum Gasteiger partial charge on any atom is 0.330 e. The van der Waals surface area contributed by atoms with Gasteiger partial charge in [0.05, 0.1) is 0 Å². The fraction of sp³-hybridized carbons (Fsp3) is 0.389. The predicted octanol–water partition coefficient (Wildman–Crippen LogP) is 4.03. The summed E-state index contributed by atoms with van der Waals surface area (Å²) < 4.78 is 5.60. The summed E-state index contributed by atoms with van der Waals surface area (Å²) in [6.45, 7) is 3.50. The minimum Gasteiger partial charge on any atom is -0.455 e. The van der Waals surface area contributed by atoms with Crippen molar-refractivity contribution in [3.8, 4) is 0 Å². The Bertz CT molecular complexity index is 546. The van der Waals surface area contributed by atoms with Crippen LogP contribution in [0.4, 0.5) is 0 Å². The number of esters is 1. The van der Waals surface area contributed by atoms with Crippen molar-refractivity contribution >= 4 is 5.97 Å². The van der Waals surface area contributed by atoms with Gasteiger partial charge in [-0.3, -0.25) is 0 Å². The minimum absolute atomic E-state index is 0.0688. The molecule has 0 aromatic carbocycles. The SMILES string of the molecule is C=CC(=O)OC1CCCC2CCC3=CC=CC=CC3=C21. The normalized spacial score (nSPS) is 28.1. The molecular weight excluding hydrogens is 248 g/mol. The van der Waals surface area contributed by atoms with Gasteiger partial charge in [-0.05, 0) is 54.7 Å². The minimum atomic E-state index is -0.310. The molecule has 0 spiro atoms. The Labute approximate surface area is 120 Å². The zero-order chi connectivity index (χ0) is 13.9. The third-order valence-electron chi connectivity index (χ3n) is 4.43. The Morgan fingerprint density at radius 1 is 1.25 bits per heavy atom. The number of carbonyl (C=O) groups is 1. The van der Waals surface area contributed by atoms with Crippen molar-refractivity contribution in [3.05, 3.63) is 59.8 Å².